The summed E-state index contributed by atoms with van der Waals surface area (Å²) in [6.45, 7) is 30.7. The summed E-state index contributed by atoms with van der Waals surface area (Å²) in [5, 5.41) is 30.0. The number of esters is 4. The number of hydrogen-bond acceptors (Lipinski definition) is 28. The normalized spacial score (nSPS) is 25.6. The predicted molar refractivity (Wildman–Crippen MR) is 549 cm³/mol. The fourth-order valence-electron chi connectivity index (χ4n) is 14.3. The molecule has 2 unspecified atom stereocenters. The van der Waals surface area contributed by atoms with E-state index in [1.807, 2.05) is 27.7 Å². The number of carbonyl (C=O) groups excluding carboxylic acids is 16. The summed E-state index contributed by atoms with van der Waals surface area (Å²) in [6, 6.07) is 8.35. The molecule has 2 aromatic carbocycles. The van der Waals surface area contributed by atoms with Gasteiger partial charge in [0.15, 0.2) is 12.2 Å². The van der Waals surface area contributed by atoms with E-state index in [9.17, 15) is 95.5 Å². The van der Waals surface area contributed by atoms with Gasteiger partial charge in [-0.05, 0) is 173 Å². The van der Waals surface area contributed by atoms with Crippen molar-refractivity contribution in [2.24, 2.45) is 35.5 Å². The molecule has 820 valence electrons. The third-order valence-corrected chi connectivity index (χ3v) is 27.6. The predicted octanol–water partition coefficient (Wildman–Crippen LogP) is 11.5. The van der Waals surface area contributed by atoms with Gasteiger partial charge in [-0.25, -0.2) is 37.6 Å². The Morgan fingerprint density at radius 1 is 0.497 bits per heavy atom. The molecule has 11 N–H and O–H groups in total. The molecule has 12 amide bonds. The molecule has 0 saturated carbocycles. The van der Waals surface area contributed by atoms with Crippen molar-refractivity contribution < 1.29 is 143 Å². The van der Waals surface area contributed by atoms with Gasteiger partial charge in [-0.1, -0.05) is 182 Å². The van der Waals surface area contributed by atoms with Crippen LogP contribution in [-0.4, -0.2) is 282 Å². The summed E-state index contributed by atoms with van der Waals surface area (Å²) in [6.07, 6.45) is -9.51. The molecule has 145 heavy (non-hydrogen) atoms. The van der Waals surface area contributed by atoms with Crippen molar-refractivity contribution >= 4 is 160 Å². The number of rotatable bonds is 24. The summed E-state index contributed by atoms with van der Waals surface area (Å²) in [4.78, 5) is 243. The number of hydrogen-bond donors (Lipinski definition) is 11. The number of phosphoric ester groups is 1. The number of aliphatic hydroxyl groups is 1. The Balaban J connectivity index is 0.00000260. The lowest BCUT2D eigenvalue weighted by atomic mass is 9.90. The van der Waals surface area contributed by atoms with Crippen molar-refractivity contribution in [1.29, 1.82) is 0 Å². The second kappa shape index (κ2) is 65.8. The van der Waals surface area contributed by atoms with Crippen LogP contribution in [0.15, 0.2) is 107 Å². The molecule has 42 nitrogen and oxygen atoms in total. The van der Waals surface area contributed by atoms with E-state index in [2.05, 4.69) is 51.4 Å². The Hall–Kier alpha value is -9.83. The highest BCUT2D eigenvalue weighted by Gasteiger charge is 2.43. The fourth-order valence-corrected chi connectivity index (χ4v) is 19.8. The number of phosphoric acid groups is 1. The summed E-state index contributed by atoms with van der Waals surface area (Å²) in [7, 11) is 0.771. The summed E-state index contributed by atoms with van der Waals surface area (Å²) >= 11 is 19.1. The number of allylic oxidation sites excluding steroid dienone is 2. The molecule has 2 aromatic rings. The van der Waals surface area contributed by atoms with E-state index in [-0.39, 0.29) is 96.1 Å². The van der Waals surface area contributed by atoms with Crippen LogP contribution in [0.25, 0.3) is 0 Å². The van der Waals surface area contributed by atoms with Crippen LogP contribution in [0.2, 0.25) is 0 Å². The molecule has 0 aliphatic carbocycles. The van der Waals surface area contributed by atoms with Gasteiger partial charge in [0.2, 0.25) is 47.3 Å². The first-order valence-electron chi connectivity index (χ1n) is 46.7. The lowest BCUT2D eigenvalue weighted by Gasteiger charge is -2.33. The molecule has 2 aliphatic heterocycles. The third-order valence-electron chi connectivity index (χ3n) is 23.3. The SMILES string of the molecule is C.C.C/C=C(\C)[C@H]1OC(=O)[C@@H](C)NC(=O)[C@H](C(C)CC)NC(=O)CN(C)C(=O)[C@@H](Cc2ccccc2)N(C)C(=O)[C@H](C)NC(=O)[C@@H](CC(C)C)OC(=O)/C(C)=C/C[C@H](OC(=O)NCCO)[C@@H]1C.C/C=C(\C)[C@H]1OC(=O)[C@@H](C)NC(=O)[C@H](C(C)CC)NC(=O)CN(C)C(=O)[C@@H](Cc2ccccc2)N(C)C(=O)[C@H](C)NC(=O)[C@@H](CC(C)C)OC(=O)/C(C)=C/C[C@H](OC(=O)NCCOP(=O)(O)O)[C@@H]1C.O=P(Cl)(Cl)OP(=O)(Cl)Cl. The van der Waals surface area contributed by atoms with Gasteiger partial charge in [-0.3, -0.25) is 61.6 Å². The molecule has 0 saturated heterocycles. The zero-order chi connectivity index (χ0) is 109. The first-order valence-corrected chi connectivity index (χ1v) is 55.1. The van der Waals surface area contributed by atoms with Crippen LogP contribution in [0.4, 0.5) is 9.59 Å². The number of nitrogens with zero attached hydrogens (tertiary/aromatic N) is 4. The van der Waals surface area contributed by atoms with E-state index >= 15 is 0 Å². The minimum atomic E-state index is -4.83. The minimum absolute atomic E-state index is 0. The van der Waals surface area contributed by atoms with Gasteiger partial charge < -0.3 is 105 Å². The highest BCUT2D eigenvalue weighted by molar-refractivity contribution is 8.15. The number of benzene rings is 2. The number of likely N-dealkylation sites (N-methyl/N-ethyl adjacent to an activating group) is 4. The highest BCUT2D eigenvalue weighted by atomic mass is 35.9. The van der Waals surface area contributed by atoms with Gasteiger partial charge in [-0.2, -0.15) is 0 Å². The van der Waals surface area contributed by atoms with Crippen LogP contribution in [0.1, 0.15) is 203 Å². The molecule has 0 bridgehead atoms. The van der Waals surface area contributed by atoms with E-state index in [0.717, 1.165) is 15.4 Å². The van der Waals surface area contributed by atoms with Crippen molar-refractivity contribution in [1.82, 2.24) is 62.1 Å². The second-order valence-corrected chi connectivity index (χ2v) is 45.9. The summed E-state index contributed by atoms with van der Waals surface area (Å²) < 4.78 is 74.7. The first-order chi connectivity index (χ1) is 66.5. The van der Waals surface area contributed by atoms with Crippen molar-refractivity contribution in [3.05, 3.63) is 118 Å². The van der Waals surface area contributed by atoms with Crippen LogP contribution >= 0.6 is 64.9 Å². The number of aliphatic hydroxyl groups excluding tert-OH is 1. The molecule has 0 aromatic heterocycles. The van der Waals surface area contributed by atoms with E-state index in [1.54, 1.807) is 142 Å². The van der Waals surface area contributed by atoms with Crippen molar-refractivity contribution in [3.8, 4) is 0 Å². The van der Waals surface area contributed by atoms with E-state index in [1.165, 1.54) is 91.7 Å². The van der Waals surface area contributed by atoms with Gasteiger partial charge in [0.25, 0.3) is 11.8 Å². The van der Waals surface area contributed by atoms with Crippen molar-refractivity contribution in [2.45, 2.75) is 290 Å². The first kappa shape index (κ1) is 135. The van der Waals surface area contributed by atoms with Crippen LogP contribution in [0, 0.1) is 35.5 Å². The molecule has 2 heterocycles. The molecule has 4 rings (SSSR count). The average molecular weight is 2190 g/mol. The number of alkyl carbamates (subject to hydrolysis) is 2. The highest BCUT2D eigenvalue weighted by Crippen LogP contribution is 2.74. The minimum Gasteiger partial charge on any atom is -0.456 e. The molecule has 49 heteroatoms. The van der Waals surface area contributed by atoms with Gasteiger partial charge in [0, 0.05) is 89.9 Å². The fraction of sp³-hybridized carbons (Fsp3) is 0.625. The van der Waals surface area contributed by atoms with Gasteiger partial charge in [0.1, 0.15) is 72.8 Å². The number of nitrogens with one attached hydrogen (secondary N) is 8. The lowest BCUT2D eigenvalue weighted by Crippen LogP contribution is -2.57. The summed E-state index contributed by atoms with van der Waals surface area (Å²) in [5.41, 5.74) is 2.58. The molecule has 0 spiro atoms. The monoisotopic (exact) mass is 2190 g/mol. The third kappa shape index (κ3) is 49.2. The van der Waals surface area contributed by atoms with E-state index in [4.69, 9.17) is 83.2 Å². The molecule has 0 radical (unpaired) electrons. The molecule has 2 aliphatic rings. The van der Waals surface area contributed by atoms with Crippen LogP contribution in [0.5, 0.6) is 0 Å². The number of amides is 12. The number of ether oxygens (including phenoxy) is 6. The maximum atomic E-state index is 14.2. The topological polar surface area (TPSA) is 568 Å². The Kier molecular flexibility index (Phi) is 61.3. The summed E-state index contributed by atoms with van der Waals surface area (Å²) in [5.74, 6) is -13.0. The smallest absolute Gasteiger partial charge is 0.456 e. The van der Waals surface area contributed by atoms with E-state index in [0.29, 0.717) is 29.6 Å². The average Bonchev–Trinajstić information content (AvgIpc) is 0.826. The standard InChI is InChI=1S/C47H73N6O15P.C47H72N6O12.2CH4.Cl4O3P2/c1-13-28(5)39-42(56)50-33(10)46(60)68-40(29(6)14-2)31(8)36(67-47(61)48-22-23-65-69(62,63)64)21-20-30(7)45(59)66-37(24-27(3)4)41(55)49-32(9)43(57)53(12)35(25-34-18-16-15-17-19-34)44(58)52(11)26-38(54)51-39;1-13-28(5)39-42(57)50-33(10)46(61)65-40(29(6)14-2)31(8)36(64-47(62)48-22-23-54)21-20-30(7)45(60)63-37(24-27(3)4)41(56)49-32(9)43(58)53(12)35(25-34-18-16-15-17-19-34)44(59)52(11)26-38(55)51-39;;;1-8(2,5)7-9(3,4)6/h14-20,27-28,31-33,35-37,39-40H,13,21-26H2,1-12H3,(H,48,61)(H,49,55)(H,50,56)(H,51,54)(H2,62,63,64);14-20,27-28,31-33,35-37,39-40,54H,13,21-26H2,1-12H3,(H,48,62)(H,49,56)(H,50,57)(H,51,55);2*1H4;/b2*29-14+,30-20+;;;/t2*28?,31-,32-,33+,35+,36-,37+,39-,40+;;;/m00.../s1. The molecular weight excluding hydrogens is 2040 g/mol. The maximum Gasteiger partial charge on any atom is 0.469 e. The largest absolute Gasteiger partial charge is 0.469 e. The number of halogens is 4. The van der Waals surface area contributed by atoms with Crippen LogP contribution in [-0.2, 0) is 131 Å². The lowest BCUT2D eigenvalue weighted by molar-refractivity contribution is -0.155. The quantitative estimate of drug-likeness (QED) is 0.0153. The molecule has 18 atom stereocenters. The van der Waals surface area contributed by atoms with Gasteiger partial charge in [-0.15, -0.1) is 0 Å². The van der Waals surface area contributed by atoms with Crippen LogP contribution < -0.4 is 42.5 Å². The Labute approximate surface area is 870 Å². The zero-order valence-corrected chi connectivity index (χ0v) is 91.2. The van der Waals surface area contributed by atoms with Gasteiger partial charge in [0.05, 0.1) is 26.3 Å². The number of cyclic esters (lactones) is 4. The molecular formula is C96H153Cl4N12O30P3. The Morgan fingerprint density at radius 3 is 1.11 bits per heavy atom. The molecule has 0 fully saturated rings. The number of carbonyl (C=O) groups is 16. The van der Waals surface area contributed by atoms with Crippen molar-refractivity contribution in [3.63, 3.8) is 0 Å². The Bertz CT molecular complexity index is 4890. The van der Waals surface area contributed by atoms with Crippen LogP contribution in [0.3, 0.4) is 0 Å². The maximum absolute atomic E-state index is 14.2. The Morgan fingerprint density at radius 2 is 0.821 bits per heavy atom. The van der Waals surface area contributed by atoms with Gasteiger partial charge >= 0.3 is 56.0 Å². The van der Waals surface area contributed by atoms with Crippen molar-refractivity contribution in [2.75, 3.05) is 67.6 Å². The van der Waals surface area contributed by atoms with E-state index < -0.39 is 243 Å². The second-order valence-electron chi connectivity index (χ2n) is 36.0. The zero-order valence-electron chi connectivity index (χ0n) is 85.5.